The van der Waals surface area contributed by atoms with Gasteiger partial charge in [0.25, 0.3) is 5.56 Å². The maximum absolute atomic E-state index is 11.7. The molecule has 1 aromatic rings. The third-order valence-corrected chi connectivity index (χ3v) is 3.94. The zero-order chi connectivity index (χ0) is 13.5. The second-order valence-electron chi connectivity index (χ2n) is 4.03. The van der Waals surface area contributed by atoms with Crippen LogP contribution in [0, 0.1) is 3.57 Å². The van der Waals surface area contributed by atoms with Crippen molar-refractivity contribution in [2.45, 2.75) is 32.7 Å². The minimum Gasteiger partial charge on any atom is -0.383 e. The molecule has 0 atom stereocenters. The first-order valence-electron chi connectivity index (χ1n) is 6.14. The highest BCUT2D eigenvalue weighted by Gasteiger charge is 2.20. The lowest BCUT2D eigenvalue weighted by Gasteiger charge is -2.31. The Labute approximate surface area is 121 Å². The molecule has 0 saturated carbocycles. The largest absolute Gasteiger partial charge is 0.383 e. The van der Waals surface area contributed by atoms with Crippen LogP contribution in [0.15, 0.2) is 11.1 Å². The number of hydrogen-bond acceptors (Lipinski definition) is 4. The van der Waals surface area contributed by atoms with E-state index in [1.54, 1.807) is 7.11 Å². The summed E-state index contributed by atoms with van der Waals surface area (Å²) in [6.07, 6.45) is 3.50. The highest BCUT2D eigenvalue weighted by Crippen LogP contribution is 2.20. The summed E-state index contributed by atoms with van der Waals surface area (Å²) >= 11 is 2.05. The fourth-order valence-electron chi connectivity index (χ4n) is 1.95. The van der Waals surface area contributed by atoms with Gasteiger partial charge in [0.15, 0.2) is 0 Å². The first kappa shape index (κ1) is 15.4. The van der Waals surface area contributed by atoms with Crippen LogP contribution in [-0.4, -0.2) is 36.3 Å². The van der Waals surface area contributed by atoms with Crippen molar-refractivity contribution < 1.29 is 4.74 Å². The first-order chi connectivity index (χ1) is 8.65. The lowest BCUT2D eigenvalue weighted by Crippen LogP contribution is -2.39. The van der Waals surface area contributed by atoms with E-state index in [-0.39, 0.29) is 5.56 Å². The quantitative estimate of drug-likeness (QED) is 0.752. The molecule has 0 saturated heterocycles. The minimum atomic E-state index is -0.0889. The Hall–Kier alpha value is -0.630. The lowest BCUT2D eigenvalue weighted by atomic mass is 10.1. The highest BCUT2D eigenvalue weighted by molar-refractivity contribution is 14.1. The zero-order valence-electron chi connectivity index (χ0n) is 11.1. The van der Waals surface area contributed by atoms with Crippen LogP contribution in [0.2, 0.25) is 0 Å². The molecule has 0 unspecified atom stereocenters. The molecule has 1 heterocycles. The van der Waals surface area contributed by atoms with E-state index in [2.05, 4.69) is 28.7 Å². The smallest absolute Gasteiger partial charge is 0.266 e. The minimum absolute atomic E-state index is 0.0889. The molecule has 0 radical (unpaired) electrons. The lowest BCUT2D eigenvalue weighted by molar-refractivity contribution is 0.202. The molecule has 0 bridgehead atoms. The molecule has 102 valence electrons. The average Bonchev–Trinajstić information content (AvgIpc) is 2.38. The van der Waals surface area contributed by atoms with Crippen molar-refractivity contribution in [2.75, 3.05) is 25.2 Å². The number of aromatic nitrogens is 2. The van der Waals surface area contributed by atoms with Gasteiger partial charge in [0.1, 0.15) is 9.39 Å². The van der Waals surface area contributed by atoms with E-state index < -0.39 is 0 Å². The van der Waals surface area contributed by atoms with E-state index in [4.69, 9.17) is 4.74 Å². The summed E-state index contributed by atoms with van der Waals surface area (Å²) in [6, 6.07) is 0.378. The Morgan fingerprint density at radius 2 is 2.17 bits per heavy atom. The van der Waals surface area contributed by atoms with Crippen molar-refractivity contribution in [3.8, 4) is 0 Å². The summed E-state index contributed by atoms with van der Waals surface area (Å²) in [5, 5.41) is 0. The molecule has 0 amide bonds. The fraction of sp³-hybridized carbons (Fsp3) is 0.667. The molecule has 0 aliphatic carbocycles. The predicted octanol–water partition coefficient (Wildman–Crippen LogP) is 2.02. The van der Waals surface area contributed by atoms with Crippen LogP contribution in [-0.2, 0) is 4.74 Å². The van der Waals surface area contributed by atoms with Crippen molar-refractivity contribution in [2.24, 2.45) is 0 Å². The van der Waals surface area contributed by atoms with Gasteiger partial charge >= 0.3 is 0 Å². The van der Waals surface area contributed by atoms with Crippen LogP contribution in [0.1, 0.15) is 26.7 Å². The number of hydrogen-bond donors (Lipinski definition) is 1. The standard InChI is InChI=1S/C12H20IN3O2/c1-4-9(5-2)16(6-7-18-3)11-10(13)12(17)15-8-14-11/h8-9H,4-7H2,1-3H3,(H,14,15,17). The molecule has 18 heavy (non-hydrogen) atoms. The van der Waals surface area contributed by atoms with E-state index in [1.165, 1.54) is 6.33 Å². The van der Waals surface area contributed by atoms with Crippen molar-refractivity contribution in [1.29, 1.82) is 0 Å². The first-order valence-corrected chi connectivity index (χ1v) is 7.22. The molecule has 6 heteroatoms. The SMILES string of the molecule is CCC(CC)N(CCOC)c1nc[nH]c(=O)c1I. The number of nitrogens with zero attached hydrogens (tertiary/aromatic N) is 2. The Kier molecular flexibility index (Phi) is 6.62. The van der Waals surface area contributed by atoms with Crippen LogP contribution in [0.5, 0.6) is 0 Å². The summed E-state index contributed by atoms with van der Waals surface area (Å²) in [4.78, 5) is 20.7. The van der Waals surface area contributed by atoms with Gasteiger partial charge in [-0.15, -0.1) is 0 Å². The number of halogens is 1. The van der Waals surface area contributed by atoms with Gasteiger partial charge in [0.05, 0.1) is 12.9 Å². The molecular weight excluding hydrogens is 345 g/mol. The number of methoxy groups -OCH3 is 1. The fourth-order valence-corrected chi connectivity index (χ4v) is 2.56. The van der Waals surface area contributed by atoms with Crippen LogP contribution in [0.4, 0.5) is 5.82 Å². The van der Waals surface area contributed by atoms with Gasteiger partial charge in [0.2, 0.25) is 0 Å². The van der Waals surface area contributed by atoms with Gasteiger partial charge in [-0.05, 0) is 35.4 Å². The molecule has 0 aliphatic heterocycles. The second kappa shape index (κ2) is 7.73. The summed E-state index contributed by atoms with van der Waals surface area (Å²) in [6.45, 7) is 5.67. The molecule has 1 rings (SSSR count). The maximum Gasteiger partial charge on any atom is 0.266 e. The van der Waals surface area contributed by atoms with Crippen LogP contribution in [0.3, 0.4) is 0 Å². The number of ether oxygens (including phenoxy) is 1. The molecule has 0 spiro atoms. The van der Waals surface area contributed by atoms with Crippen molar-refractivity contribution in [3.63, 3.8) is 0 Å². The average molecular weight is 365 g/mol. The topological polar surface area (TPSA) is 58.2 Å². The molecule has 1 aromatic heterocycles. The van der Waals surface area contributed by atoms with Crippen LogP contribution in [0.25, 0.3) is 0 Å². The molecule has 1 N–H and O–H groups in total. The number of H-pyrrole nitrogens is 1. The van der Waals surface area contributed by atoms with Crippen molar-refractivity contribution in [3.05, 3.63) is 20.3 Å². The zero-order valence-corrected chi connectivity index (χ0v) is 13.2. The van der Waals surface area contributed by atoms with Crippen molar-refractivity contribution in [1.82, 2.24) is 9.97 Å². The predicted molar refractivity (Wildman–Crippen MR) is 81.2 cm³/mol. The molecule has 0 aliphatic rings. The van der Waals surface area contributed by atoms with Gasteiger partial charge < -0.3 is 14.6 Å². The summed E-state index contributed by atoms with van der Waals surface area (Å²) in [5.74, 6) is 0.755. The maximum atomic E-state index is 11.7. The monoisotopic (exact) mass is 365 g/mol. The van der Waals surface area contributed by atoms with Crippen molar-refractivity contribution >= 4 is 28.4 Å². The molecule has 5 nitrogen and oxygen atoms in total. The number of rotatable bonds is 7. The Bertz CT molecular complexity index is 418. The van der Waals surface area contributed by atoms with Gasteiger partial charge in [-0.2, -0.15) is 0 Å². The number of nitrogens with one attached hydrogen (secondary N) is 1. The van der Waals surface area contributed by atoms with E-state index in [0.717, 1.165) is 25.2 Å². The third-order valence-electron chi connectivity index (χ3n) is 2.97. The number of aromatic amines is 1. The molecule has 0 fully saturated rings. The Morgan fingerprint density at radius 1 is 1.50 bits per heavy atom. The highest BCUT2D eigenvalue weighted by atomic mass is 127. The second-order valence-corrected chi connectivity index (χ2v) is 5.10. The van der Waals surface area contributed by atoms with E-state index in [9.17, 15) is 4.79 Å². The summed E-state index contributed by atoms with van der Waals surface area (Å²) < 4.78 is 5.78. The van der Waals surface area contributed by atoms with Gasteiger partial charge in [-0.25, -0.2) is 4.98 Å². The van der Waals surface area contributed by atoms with Gasteiger partial charge in [-0.1, -0.05) is 13.8 Å². The van der Waals surface area contributed by atoms with E-state index in [0.29, 0.717) is 16.2 Å². The number of anilines is 1. The summed E-state index contributed by atoms with van der Waals surface area (Å²) in [7, 11) is 1.68. The van der Waals surface area contributed by atoms with Crippen LogP contribution < -0.4 is 10.5 Å². The normalized spacial score (nSPS) is 10.9. The Balaban J connectivity index is 3.08. The van der Waals surface area contributed by atoms with Gasteiger partial charge in [0, 0.05) is 19.7 Å². The van der Waals surface area contributed by atoms with E-state index in [1.807, 2.05) is 22.6 Å². The summed E-state index contributed by atoms with van der Waals surface area (Å²) in [5.41, 5.74) is -0.0889. The molecule has 0 aromatic carbocycles. The van der Waals surface area contributed by atoms with E-state index >= 15 is 0 Å². The third kappa shape index (κ3) is 3.68. The van der Waals surface area contributed by atoms with Gasteiger partial charge in [-0.3, -0.25) is 4.79 Å². The Morgan fingerprint density at radius 3 is 2.72 bits per heavy atom. The van der Waals surface area contributed by atoms with Crippen LogP contribution >= 0.6 is 22.6 Å². The molecular formula is C12H20IN3O2.